The van der Waals surface area contributed by atoms with E-state index in [-0.39, 0.29) is 11.7 Å². The average Bonchev–Trinajstić information content (AvgIpc) is 2.13. The molecular weight excluding hydrogens is 233 g/mol. The van der Waals surface area contributed by atoms with Crippen LogP contribution < -0.4 is 5.73 Å². The van der Waals surface area contributed by atoms with Gasteiger partial charge in [0.25, 0.3) is 0 Å². The van der Waals surface area contributed by atoms with Crippen molar-refractivity contribution < 1.29 is 4.39 Å². The lowest BCUT2D eigenvalue weighted by atomic mass is 9.97. The van der Waals surface area contributed by atoms with Gasteiger partial charge in [-0.1, -0.05) is 13.0 Å². The van der Waals surface area contributed by atoms with E-state index < -0.39 is 0 Å². The van der Waals surface area contributed by atoms with E-state index >= 15 is 0 Å². The Morgan fingerprint density at radius 2 is 2.23 bits per heavy atom. The third-order valence-corrected chi connectivity index (χ3v) is 2.84. The Balaban J connectivity index is 2.95. The molecule has 0 amide bonds. The van der Waals surface area contributed by atoms with Crippen LogP contribution in [-0.2, 0) is 0 Å². The largest absolute Gasteiger partial charge is 0.330 e. The van der Waals surface area contributed by atoms with Crippen LogP contribution in [0.3, 0.4) is 0 Å². The summed E-state index contributed by atoms with van der Waals surface area (Å²) in [7, 11) is 0. The lowest BCUT2D eigenvalue weighted by Gasteiger charge is -2.12. The first-order chi connectivity index (χ1) is 6.19. The summed E-state index contributed by atoms with van der Waals surface area (Å²) in [5.41, 5.74) is 6.55. The highest BCUT2D eigenvalue weighted by Gasteiger charge is 2.08. The van der Waals surface area contributed by atoms with Gasteiger partial charge in [0.05, 0.1) is 4.47 Å². The topological polar surface area (TPSA) is 26.0 Å². The first kappa shape index (κ1) is 10.7. The van der Waals surface area contributed by atoms with Gasteiger partial charge in [-0.05, 0) is 52.5 Å². The van der Waals surface area contributed by atoms with Gasteiger partial charge < -0.3 is 5.73 Å². The molecule has 0 aliphatic rings. The maximum Gasteiger partial charge on any atom is 0.137 e. The molecule has 1 aromatic carbocycles. The first-order valence-corrected chi connectivity index (χ1v) is 5.13. The molecule has 0 fully saturated rings. The smallest absolute Gasteiger partial charge is 0.137 e. The third-order valence-electron chi connectivity index (χ3n) is 2.19. The summed E-state index contributed by atoms with van der Waals surface area (Å²) in [4.78, 5) is 0. The van der Waals surface area contributed by atoms with E-state index in [1.807, 2.05) is 6.07 Å². The lowest BCUT2D eigenvalue weighted by molar-refractivity contribution is 0.608. The van der Waals surface area contributed by atoms with Crippen LogP contribution in [-0.4, -0.2) is 6.54 Å². The molecular formula is C10H13BrFN. The number of hydrogen-bond acceptors (Lipinski definition) is 1. The van der Waals surface area contributed by atoms with E-state index in [4.69, 9.17) is 5.73 Å². The Morgan fingerprint density at radius 3 is 2.69 bits per heavy atom. The fourth-order valence-corrected chi connectivity index (χ4v) is 1.55. The summed E-state index contributed by atoms with van der Waals surface area (Å²) in [5.74, 6) is 0.0481. The molecule has 0 bridgehead atoms. The third kappa shape index (κ3) is 2.51. The molecule has 1 rings (SSSR count). The van der Waals surface area contributed by atoms with Crippen molar-refractivity contribution in [2.45, 2.75) is 19.3 Å². The summed E-state index contributed by atoms with van der Waals surface area (Å²) in [6, 6.07) is 5.18. The highest BCUT2D eigenvalue weighted by molar-refractivity contribution is 9.10. The predicted octanol–water partition coefficient (Wildman–Crippen LogP) is 3.04. The molecule has 13 heavy (non-hydrogen) atoms. The van der Waals surface area contributed by atoms with Crippen molar-refractivity contribution in [1.29, 1.82) is 0 Å². The zero-order valence-corrected chi connectivity index (χ0v) is 9.14. The number of halogens is 2. The van der Waals surface area contributed by atoms with Crippen molar-refractivity contribution in [2.24, 2.45) is 5.73 Å². The molecule has 1 nitrogen and oxygen atoms in total. The SMILES string of the molecule is CCC(CN)c1ccc(Br)c(F)c1. The van der Waals surface area contributed by atoms with Gasteiger partial charge in [-0.3, -0.25) is 0 Å². The Bertz CT molecular complexity index is 284. The maximum absolute atomic E-state index is 13.1. The fraction of sp³-hybridized carbons (Fsp3) is 0.400. The lowest BCUT2D eigenvalue weighted by Crippen LogP contribution is -2.11. The van der Waals surface area contributed by atoms with Crippen molar-refractivity contribution in [3.63, 3.8) is 0 Å². The van der Waals surface area contributed by atoms with E-state index in [0.29, 0.717) is 11.0 Å². The van der Waals surface area contributed by atoms with Crippen LogP contribution in [0.5, 0.6) is 0 Å². The zero-order chi connectivity index (χ0) is 9.84. The van der Waals surface area contributed by atoms with Crippen LogP contribution >= 0.6 is 15.9 Å². The monoisotopic (exact) mass is 245 g/mol. The van der Waals surface area contributed by atoms with E-state index in [0.717, 1.165) is 12.0 Å². The molecule has 0 saturated heterocycles. The van der Waals surface area contributed by atoms with Crippen molar-refractivity contribution in [2.75, 3.05) is 6.54 Å². The Morgan fingerprint density at radius 1 is 1.54 bits per heavy atom. The molecule has 0 aliphatic carbocycles. The Labute approximate surface area is 86.3 Å². The number of rotatable bonds is 3. The minimum atomic E-state index is -0.218. The molecule has 3 heteroatoms. The van der Waals surface area contributed by atoms with Crippen LogP contribution in [0.2, 0.25) is 0 Å². The summed E-state index contributed by atoms with van der Waals surface area (Å²) < 4.78 is 13.6. The molecule has 2 N–H and O–H groups in total. The normalized spacial score (nSPS) is 12.9. The van der Waals surface area contributed by atoms with Crippen LogP contribution in [0.1, 0.15) is 24.8 Å². The minimum Gasteiger partial charge on any atom is -0.330 e. The molecule has 1 unspecified atom stereocenters. The van der Waals surface area contributed by atoms with Gasteiger partial charge in [0, 0.05) is 0 Å². The maximum atomic E-state index is 13.1. The van der Waals surface area contributed by atoms with Crippen molar-refractivity contribution in [1.82, 2.24) is 0 Å². The van der Waals surface area contributed by atoms with E-state index in [1.165, 1.54) is 0 Å². The van der Waals surface area contributed by atoms with Crippen LogP contribution in [0, 0.1) is 5.82 Å². The van der Waals surface area contributed by atoms with Gasteiger partial charge >= 0.3 is 0 Å². The first-order valence-electron chi connectivity index (χ1n) is 4.34. The summed E-state index contributed by atoms with van der Waals surface area (Å²) in [5, 5.41) is 0. The second-order valence-corrected chi connectivity index (χ2v) is 3.87. The van der Waals surface area contributed by atoms with Gasteiger partial charge in [-0.2, -0.15) is 0 Å². The fourth-order valence-electron chi connectivity index (χ4n) is 1.30. The molecule has 0 spiro atoms. The quantitative estimate of drug-likeness (QED) is 0.871. The molecule has 0 radical (unpaired) electrons. The second-order valence-electron chi connectivity index (χ2n) is 3.01. The molecule has 1 atom stereocenters. The Kier molecular flexibility index (Phi) is 3.88. The van der Waals surface area contributed by atoms with Gasteiger partial charge in [-0.25, -0.2) is 4.39 Å². The molecule has 72 valence electrons. The molecule has 0 aromatic heterocycles. The highest BCUT2D eigenvalue weighted by Crippen LogP contribution is 2.23. The van der Waals surface area contributed by atoms with Crippen molar-refractivity contribution in [3.8, 4) is 0 Å². The standard InChI is InChI=1S/C10H13BrFN/c1-2-7(6-13)8-3-4-9(11)10(12)5-8/h3-5,7H,2,6,13H2,1H3. The van der Waals surface area contributed by atoms with Crippen LogP contribution in [0.4, 0.5) is 4.39 Å². The minimum absolute atomic E-state index is 0.218. The van der Waals surface area contributed by atoms with Crippen molar-refractivity contribution >= 4 is 15.9 Å². The summed E-state index contributed by atoms with van der Waals surface area (Å²) in [6.45, 7) is 2.62. The van der Waals surface area contributed by atoms with Gasteiger partial charge in [0.15, 0.2) is 0 Å². The molecule has 0 aliphatic heterocycles. The molecule has 0 heterocycles. The van der Waals surface area contributed by atoms with E-state index in [9.17, 15) is 4.39 Å². The summed E-state index contributed by atoms with van der Waals surface area (Å²) >= 11 is 3.12. The van der Waals surface area contributed by atoms with Crippen LogP contribution in [0.15, 0.2) is 22.7 Å². The predicted molar refractivity (Wildman–Crippen MR) is 56.2 cm³/mol. The van der Waals surface area contributed by atoms with Gasteiger partial charge in [-0.15, -0.1) is 0 Å². The Hall–Kier alpha value is -0.410. The van der Waals surface area contributed by atoms with Crippen LogP contribution in [0.25, 0.3) is 0 Å². The second kappa shape index (κ2) is 4.72. The number of benzene rings is 1. The average molecular weight is 246 g/mol. The van der Waals surface area contributed by atoms with Crippen molar-refractivity contribution in [3.05, 3.63) is 34.1 Å². The molecule has 0 saturated carbocycles. The molecule has 1 aromatic rings. The van der Waals surface area contributed by atoms with Gasteiger partial charge in [0.1, 0.15) is 5.82 Å². The van der Waals surface area contributed by atoms with E-state index in [1.54, 1.807) is 12.1 Å². The summed E-state index contributed by atoms with van der Waals surface area (Å²) in [6.07, 6.45) is 0.942. The highest BCUT2D eigenvalue weighted by atomic mass is 79.9. The number of nitrogens with two attached hydrogens (primary N) is 1. The number of hydrogen-bond donors (Lipinski definition) is 1. The zero-order valence-electron chi connectivity index (χ0n) is 7.56. The van der Waals surface area contributed by atoms with E-state index in [2.05, 4.69) is 22.9 Å². The van der Waals surface area contributed by atoms with Gasteiger partial charge in [0.2, 0.25) is 0 Å².